The van der Waals surface area contributed by atoms with Gasteiger partial charge in [0, 0.05) is 24.6 Å². The number of pyridine rings is 1. The van der Waals surface area contributed by atoms with Gasteiger partial charge in [0.25, 0.3) is 0 Å². The zero-order chi connectivity index (χ0) is 13.5. The normalized spacial score (nSPS) is 9.95. The molecule has 0 saturated carbocycles. The highest BCUT2D eigenvalue weighted by Crippen LogP contribution is 2.16. The van der Waals surface area contributed by atoms with Crippen molar-refractivity contribution >= 4 is 11.7 Å². The molecule has 0 unspecified atom stereocenters. The van der Waals surface area contributed by atoms with Crippen molar-refractivity contribution < 1.29 is 9.53 Å². The molecule has 0 amide bonds. The van der Waals surface area contributed by atoms with Gasteiger partial charge in [-0.15, -0.1) is 0 Å². The molecule has 0 saturated heterocycles. The van der Waals surface area contributed by atoms with Crippen LogP contribution in [0.25, 0.3) is 0 Å². The maximum atomic E-state index is 11.8. The fourth-order valence-electron chi connectivity index (χ4n) is 1.56. The Bertz CT molecular complexity index is 524. The number of nitrogens with zero attached hydrogens (tertiary/aromatic N) is 1. The van der Waals surface area contributed by atoms with E-state index in [-0.39, 0.29) is 0 Å². The van der Waals surface area contributed by atoms with Gasteiger partial charge in [0.15, 0.2) is 0 Å². The van der Waals surface area contributed by atoms with Crippen LogP contribution in [0, 0.1) is 0 Å². The molecule has 0 atom stereocenters. The maximum Gasteiger partial charge on any atom is 0.345 e. The average molecular weight is 256 g/mol. The number of anilines is 1. The first-order valence-electron chi connectivity index (χ1n) is 6.25. The number of rotatable bonds is 5. The predicted molar refractivity (Wildman–Crippen MR) is 74.4 cm³/mol. The van der Waals surface area contributed by atoms with Crippen molar-refractivity contribution in [2.75, 3.05) is 11.9 Å². The molecule has 0 aliphatic heterocycles. The zero-order valence-electron chi connectivity index (χ0n) is 10.8. The van der Waals surface area contributed by atoms with Crippen molar-refractivity contribution in [3.05, 3.63) is 54.4 Å². The Morgan fingerprint density at radius 1 is 1.26 bits per heavy atom. The molecule has 19 heavy (non-hydrogen) atoms. The van der Waals surface area contributed by atoms with Crippen LogP contribution in [0.5, 0.6) is 5.75 Å². The second-order valence-corrected chi connectivity index (χ2v) is 4.08. The van der Waals surface area contributed by atoms with Crippen LogP contribution < -0.4 is 10.1 Å². The molecule has 0 spiro atoms. The lowest BCUT2D eigenvalue weighted by molar-refractivity contribution is 0.0734. The second-order valence-electron chi connectivity index (χ2n) is 4.08. The lowest BCUT2D eigenvalue weighted by atomic mass is 10.3. The first kappa shape index (κ1) is 13.1. The number of ether oxygens (including phenoxy) is 1. The van der Waals surface area contributed by atoms with Gasteiger partial charge in [-0.1, -0.05) is 6.92 Å². The number of hydrogen-bond donors (Lipinski definition) is 1. The van der Waals surface area contributed by atoms with E-state index < -0.39 is 5.97 Å². The number of benzene rings is 1. The molecule has 1 heterocycles. The van der Waals surface area contributed by atoms with Gasteiger partial charge in [-0.2, -0.15) is 0 Å². The summed E-state index contributed by atoms with van der Waals surface area (Å²) in [5, 5.41) is 3.26. The fraction of sp³-hybridized carbons (Fsp3) is 0.200. The summed E-state index contributed by atoms with van der Waals surface area (Å²) in [6.45, 7) is 3.03. The van der Waals surface area contributed by atoms with Crippen molar-refractivity contribution in [1.29, 1.82) is 0 Å². The van der Waals surface area contributed by atoms with Crippen LogP contribution in [0.2, 0.25) is 0 Å². The Morgan fingerprint density at radius 3 is 2.68 bits per heavy atom. The number of carbonyl (C=O) groups is 1. The smallest absolute Gasteiger partial charge is 0.345 e. The number of aromatic nitrogens is 1. The van der Waals surface area contributed by atoms with Crippen molar-refractivity contribution in [2.45, 2.75) is 13.3 Å². The molecule has 98 valence electrons. The van der Waals surface area contributed by atoms with Gasteiger partial charge in [-0.25, -0.2) is 4.79 Å². The van der Waals surface area contributed by atoms with Crippen LogP contribution in [-0.4, -0.2) is 17.5 Å². The topological polar surface area (TPSA) is 51.2 Å². The van der Waals surface area contributed by atoms with E-state index >= 15 is 0 Å². The number of nitrogens with one attached hydrogen (secondary N) is 1. The molecule has 4 nitrogen and oxygen atoms in total. The molecular weight excluding hydrogens is 240 g/mol. The number of esters is 1. The standard InChI is InChI=1S/C15H16N2O2/c1-2-9-17-13-5-7-14(8-6-13)19-15(18)12-4-3-10-16-11-12/h3-8,10-11,17H,2,9H2,1H3. The van der Waals surface area contributed by atoms with Crippen molar-refractivity contribution in [3.63, 3.8) is 0 Å². The minimum absolute atomic E-state index is 0.401. The highest BCUT2D eigenvalue weighted by Gasteiger charge is 2.07. The Hall–Kier alpha value is -2.36. The van der Waals surface area contributed by atoms with Crippen molar-refractivity contribution in [2.24, 2.45) is 0 Å². The van der Waals surface area contributed by atoms with E-state index in [1.165, 1.54) is 6.20 Å². The predicted octanol–water partition coefficient (Wildman–Crippen LogP) is 3.12. The highest BCUT2D eigenvalue weighted by molar-refractivity contribution is 5.90. The minimum Gasteiger partial charge on any atom is -0.423 e. The first-order valence-corrected chi connectivity index (χ1v) is 6.25. The van der Waals surface area contributed by atoms with Crippen LogP contribution in [0.1, 0.15) is 23.7 Å². The molecule has 0 radical (unpaired) electrons. The molecule has 2 aromatic rings. The summed E-state index contributed by atoms with van der Waals surface area (Å²) in [6.07, 6.45) is 4.17. The van der Waals surface area contributed by atoms with Gasteiger partial charge in [-0.3, -0.25) is 4.98 Å². The molecule has 1 N–H and O–H groups in total. The average Bonchev–Trinajstić information content (AvgIpc) is 2.47. The molecule has 1 aromatic carbocycles. The lowest BCUT2D eigenvalue weighted by Gasteiger charge is -2.07. The quantitative estimate of drug-likeness (QED) is 0.659. The number of carbonyl (C=O) groups excluding carboxylic acids is 1. The Kier molecular flexibility index (Phi) is 4.50. The van der Waals surface area contributed by atoms with E-state index in [4.69, 9.17) is 4.74 Å². The van der Waals surface area contributed by atoms with Gasteiger partial charge in [0.05, 0.1) is 5.56 Å². The summed E-state index contributed by atoms with van der Waals surface area (Å²) in [6, 6.07) is 10.7. The maximum absolute atomic E-state index is 11.8. The largest absolute Gasteiger partial charge is 0.423 e. The lowest BCUT2D eigenvalue weighted by Crippen LogP contribution is -2.08. The number of hydrogen-bond acceptors (Lipinski definition) is 4. The van der Waals surface area contributed by atoms with Crippen LogP contribution in [-0.2, 0) is 0 Å². The van der Waals surface area contributed by atoms with Crippen LogP contribution >= 0.6 is 0 Å². The van der Waals surface area contributed by atoms with E-state index in [9.17, 15) is 4.79 Å². The Labute approximate surface area is 112 Å². The fourth-order valence-corrected chi connectivity index (χ4v) is 1.56. The van der Waals surface area contributed by atoms with Crippen LogP contribution in [0.4, 0.5) is 5.69 Å². The summed E-state index contributed by atoms with van der Waals surface area (Å²) in [5.41, 5.74) is 1.46. The SMILES string of the molecule is CCCNc1ccc(OC(=O)c2cccnc2)cc1. The molecule has 0 fully saturated rings. The molecule has 2 rings (SSSR count). The first-order chi connectivity index (χ1) is 9.29. The van der Waals surface area contributed by atoms with Gasteiger partial charge >= 0.3 is 5.97 Å². The summed E-state index contributed by atoms with van der Waals surface area (Å²) in [7, 11) is 0. The second kappa shape index (κ2) is 6.54. The minimum atomic E-state index is -0.401. The third kappa shape index (κ3) is 3.81. The third-order valence-electron chi connectivity index (χ3n) is 2.54. The van der Waals surface area contributed by atoms with E-state index in [1.807, 2.05) is 12.1 Å². The molecule has 0 bridgehead atoms. The van der Waals surface area contributed by atoms with Crippen molar-refractivity contribution in [3.8, 4) is 5.75 Å². The van der Waals surface area contributed by atoms with Gasteiger partial charge in [-0.05, 0) is 42.8 Å². The van der Waals surface area contributed by atoms with Gasteiger partial charge in [0.2, 0.25) is 0 Å². The van der Waals surface area contributed by atoms with Crippen molar-refractivity contribution in [1.82, 2.24) is 4.98 Å². The van der Waals surface area contributed by atoms with E-state index in [1.54, 1.807) is 30.5 Å². The summed E-state index contributed by atoms with van der Waals surface area (Å²) >= 11 is 0. The van der Waals surface area contributed by atoms with E-state index in [0.29, 0.717) is 11.3 Å². The summed E-state index contributed by atoms with van der Waals surface area (Å²) in [5.74, 6) is 0.123. The van der Waals surface area contributed by atoms with E-state index in [0.717, 1.165) is 18.7 Å². The van der Waals surface area contributed by atoms with Crippen LogP contribution in [0.15, 0.2) is 48.8 Å². The van der Waals surface area contributed by atoms with Gasteiger partial charge in [0.1, 0.15) is 5.75 Å². The Morgan fingerprint density at radius 2 is 2.05 bits per heavy atom. The van der Waals surface area contributed by atoms with Gasteiger partial charge < -0.3 is 10.1 Å². The Balaban J connectivity index is 1.98. The third-order valence-corrected chi connectivity index (χ3v) is 2.54. The summed E-state index contributed by atoms with van der Waals surface area (Å²) in [4.78, 5) is 15.7. The molecule has 0 aliphatic carbocycles. The van der Waals surface area contributed by atoms with Crippen LogP contribution in [0.3, 0.4) is 0 Å². The van der Waals surface area contributed by atoms with E-state index in [2.05, 4.69) is 17.2 Å². The highest BCUT2D eigenvalue weighted by atomic mass is 16.5. The molecule has 0 aliphatic rings. The molecule has 1 aromatic heterocycles. The summed E-state index contributed by atoms with van der Waals surface area (Å²) < 4.78 is 5.25. The molecule has 4 heteroatoms. The monoisotopic (exact) mass is 256 g/mol. The zero-order valence-corrected chi connectivity index (χ0v) is 10.8. The molecular formula is C15H16N2O2.